The fourth-order valence-corrected chi connectivity index (χ4v) is 2.52. The highest BCUT2D eigenvalue weighted by molar-refractivity contribution is 5.99. The molecule has 0 radical (unpaired) electrons. The monoisotopic (exact) mass is 298 g/mol. The molecule has 0 aliphatic carbocycles. The Morgan fingerprint density at radius 2 is 1.90 bits per heavy atom. The lowest BCUT2D eigenvalue weighted by Gasteiger charge is -2.39. The van der Waals surface area contributed by atoms with Crippen molar-refractivity contribution in [3.63, 3.8) is 0 Å². The minimum atomic E-state index is -0.718. The zero-order chi connectivity index (χ0) is 15.7. The van der Waals surface area contributed by atoms with E-state index in [1.165, 1.54) is 0 Å². The SMILES string of the molecule is CC(C)(C)OC(=O)N1CCC2(CC1)COCC(=O)NC2=O. The van der Waals surface area contributed by atoms with Gasteiger partial charge in [0.1, 0.15) is 12.2 Å². The van der Waals surface area contributed by atoms with Crippen LogP contribution in [0.1, 0.15) is 33.6 Å². The van der Waals surface area contributed by atoms with Gasteiger partial charge in [-0.15, -0.1) is 0 Å². The molecule has 7 nitrogen and oxygen atoms in total. The lowest BCUT2D eigenvalue weighted by atomic mass is 9.78. The molecular formula is C14H22N2O5. The maximum atomic E-state index is 12.2. The summed E-state index contributed by atoms with van der Waals surface area (Å²) >= 11 is 0. The zero-order valence-corrected chi connectivity index (χ0v) is 12.7. The Hall–Kier alpha value is -1.63. The third-order valence-electron chi connectivity index (χ3n) is 3.72. The predicted molar refractivity (Wildman–Crippen MR) is 73.4 cm³/mol. The quantitative estimate of drug-likeness (QED) is 0.665. The Bertz CT molecular complexity index is 447. The van der Waals surface area contributed by atoms with E-state index in [1.807, 2.05) is 20.8 Å². The number of hydrogen-bond acceptors (Lipinski definition) is 5. The van der Waals surface area contributed by atoms with Gasteiger partial charge in [0, 0.05) is 13.1 Å². The molecule has 0 saturated carbocycles. The molecular weight excluding hydrogens is 276 g/mol. The molecule has 0 aromatic rings. The molecule has 0 atom stereocenters. The number of nitrogens with zero attached hydrogens (tertiary/aromatic N) is 1. The highest BCUT2D eigenvalue weighted by Gasteiger charge is 2.45. The van der Waals surface area contributed by atoms with Crippen LogP contribution in [0.4, 0.5) is 4.79 Å². The molecule has 2 aliphatic rings. The van der Waals surface area contributed by atoms with Crippen molar-refractivity contribution >= 4 is 17.9 Å². The van der Waals surface area contributed by atoms with Gasteiger partial charge in [-0.2, -0.15) is 0 Å². The first-order valence-corrected chi connectivity index (χ1v) is 7.12. The molecule has 0 bridgehead atoms. The van der Waals surface area contributed by atoms with Gasteiger partial charge in [0.25, 0.3) is 5.91 Å². The Balaban J connectivity index is 1.97. The van der Waals surface area contributed by atoms with Gasteiger partial charge < -0.3 is 14.4 Å². The number of piperidine rings is 1. The average Bonchev–Trinajstić information content (AvgIpc) is 2.49. The Labute approximate surface area is 123 Å². The summed E-state index contributed by atoms with van der Waals surface area (Å²) in [5.74, 6) is -0.708. The molecule has 3 amide bonds. The van der Waals surface area contributed by atoms with Crippen LogP contribution in [0.25, 0.3) is 0 Å². The molecule has 0 aromatic carbocycles. The summed E-state index contributed by atoms with van der Waals surface area (Å²) in [7, 11) is 0. The highest BCUT2D eigenvalue weighted by atomic mass is 16.6. The summed E-state index contributed by atoms with van der Waals surface area (Å²) in [5, 5.41) is 2.35. The Kier molecular flexibility index (Phi) is 4.22. The van der Waals surface area contributed by atoms with E-state index < -0.39 is 16.9 Å². The molecule has 2 heterocycles. The van der Waals surface area contributed by atoms with Gasteiger partial charge in [-0.25, -0.2) is 4.79 Å². The molecule has 118 valence electrons. The first-order chi connectivity index (χ1) is 9.72. The lowest BCUT2D eigenvalue weighted by Crippen LogP contribution is -2.52. The fourth-order valence-electron chi connectivity index (χ4n) is 2.52. The minimum absolute atomic E-state index is 0.0940. The Morgan fingerprint density at radius 3 is 2.48 bits per heavy atom. The summed E-state index contributed by atoms with van der Waals surface area (Å²) in [4.78, 5) is 37.1. The van der Waals surface area contributed by atoms with E-state index in [9.17, 15) is 14.4 Å². The number of hydrogen-bond donors (Lipinski definition) is 1. The highest BCUT2D eigenvalue weighted by Crippen LogP contribution is 2.33. The van der Waals surface area contributed by atoms with Gasteiger partial charge in [-0.3, -0.25) is 14.9 Å². The predicted octanol–water partition coefficient (Wildman–Crippen LogP) is 0.677. The Morgan fingerprint density at radius 1 is 1.29 bits per heavy atom. The third kappa shape index (κ3) is 3.72. The number of amides is 3. The van der Waals surface area contributed by atoms with Crippen LogP contribution in [0.3, 0.4) is 0 Å². The summed E-state index contributed by atoms with van der Waals surface area (Å²) in [6, 6.07) is 0. The van der Waals surface area contributed by atoms with Crippen molar-refractivity contribution in [1.82, 2.24) is 10.2 Å². The van der Waals surface area contributed by atoms with E-state index in [2.05, 4.69) is 5.32 Å². The van der Waals surface area contributed by atoms with Crippen molar-refractivity contribution in [3.05, 3.63) is 0 Å². The van der Waals surface area contributed by atoms with Crippen molar-refractivity contribution in [2.75, 3.05) is 26.3 Å². The summed E-state index contributed by atoms with van der Waals surface area (Å²) in [6.45, 7) is 6.40. The van der Waals surface area contributed by atoms with Crippen LogP contribution in [0.2, 0.25) is 0 Å². The number of rotatable bonds is 0. The first kappa shape index (κ1) is 15.8. The molecule has 7 heteroatoms. The smallest absolute Gasteiger partial charge is 0.410 e. The van der Waals surface area contributed by atoms with Crippen LogP contribution in [-0.2, 0) is 19.1 Å². The molecule has 2 fully saturated rings. The summed E-state index contributed by atoms with van der Waals surface area (Å²) < 4.78 is 10.6. The maximum absolute atomic E-state index is 12.2. The minimum Gasteiger partial charge on any atom is -0.444 e. The number of nitrogens with one attached hydrogen (secondary N) is 1. The topological polar surface area (TPSA) is 84.9 Å². The van der Waals surface area contributed by atoms with Gasteiger partial charge in [0.05, 0.1) is 12.0 Å². The van der Waals surface area contributed by atoms with Crippen molar-refractivity contribution in [2.24, 2.45) is 5.41 Å². The summed E-state index contributed by atoms with van der Waals surface area (Å²) in [5.41, 5.74) is -1.26. The maximum Gasteiger partial charge on any atom is 0.410 e. The van der Waals surface area contributed by atoms with Gasteiger partial charge in [0.15, 0.2) is 0 Å². The third-order valence-corrected chi connectivity index (χ3v) is 3.72. The fraction of sp³-hybridized carbons (Fsp3) is 0.786. The first-order valence-electron chi connectivity index (χ1n) is 7.12. The molecule has 2 rings (SSSR count). The van der Waals surface area contributed by atoms with Crippen LogP contribution in [0, 0.1) is 5.41 Å². The molecule has 21 heavy (non-hydrogen) atoms. The van der Waals surface area contributed by atoms with Crippen molar-refractivity contribution in [2.45, 2.75) is 39.2 Å². The van der Waals surface area contributed by atoms with Crippen LogP contribution in [0.5, 0.6) is 0 Å². The van der Waals surface area contributed by atoms with Crippen LogP contribution < -0.4 is 5.32 Å². The van der Waals surface area contributed by atoms with E-state index >= 15 is 0 Å². The molecule has 0 aromatic heterocycles. The molecule has 1 spiro atoms. The van der Waals surface area contributed by atoms with Crippen molar-refractivity contribution in [1.29, 1.82) is 0 Å². The second-order valence-electron chi connectivity index (χ2n) is 6.62. The van der Waals surface area contributed by atoms with Crippen LogP contribution in [-0.4, -0.2) is 54.7 Å². The number of carbonyl (C=O) groups excluding carboxylic acids is 3. The second kappa shape index (κ2) is 5.63. The number of likely N-dealkylation sites (tertiary alicyclic amines) is 1. The van der Waals surface area contributed by atoms with Gasteiger partial charge >= 0.3 is 6.09 Å². The van der Waals surface area contributed by atoms with Crippen molar-refractivity contribution in [3.8, 4) is 0 Å². The van der Waals surface area contributed by atoms with E-state index in [4.69, 9.17) is 9.47 Å². The zero-order valence-electron chi connectivity index (χ0n) is 12.7. The normalized spacial score (nSPS) is 22.7. The second-order valence-corrected chi connectivity index (χ2v) is 6.62. The van der Waals surface area contributed by atoms with E-state index in [0.29, 0.717) is 25.9 Å². The average molecular weight is 298 g/mol. The number of imide groups is 1. The van der Waals surface area contributed by atoms with E-state index in [1.54, 1.807) is 4.90 Å². The number of carbonyl (C=O) groups is 3. The van der Waals surface area contributed by atoms with Crippen molar-refractivity contribution < 1.29 is 23.9 Å². The van der Waals surface area contributed by atoms with Gasteiger partial charge in [-0.1, -0.05) is 0 Å². The standard InChI is InChI=1S/C14H22N2O5/c1-13(2,3)21-12(19)16-6-4-14(5-7-16)9-20-8-10(17)15-11(14)18/h4-9H2,1-3H3,(H,15,17,18). The van der Waals surface area contributed by atoms with E-state index in [-0.39, 0.29) is 25.2 Å². The molecule has 1 N–H and O–H groups in total. The van der Waals surface area contributed by atoms with E-state index in [0.717, 1.165) is 0 Å². The lowest BCUT2D eigenvalue weighted by molar-refractivity contribution is -0.137. The van der Waals surface area contributed by atoms with Gasteiger partial charge in [-0.05, 0) is 33.6 Å². The van der Waals surface area contributed by atoms with Gasteiger partial charge in [0.2, 0.25) is 5.91 Å². The largest absolute Gasteiger partial charge is 0.444 e. The summed E-state index contributed by atoms with van der Waals surface area (Å²) in [6.07, 6.45) is 0.555. The number of ether oxygens (including phenoxy) is 2. The van der Waals surface area contributed by atoms with Crippen LogP contribution >= 0.6 is 0 Å². The van der Waals surface area contributed by atoms with Crippen LogP contribution in [0.15, 0.2) is 0 Å². The molecule has 2 aliphatic heterocycles. The molecule has 2 saturated heterocycles. The molecule has 0 unspecified atom stereocenters.